The highest BCUT2D eigenvalue weighted by Gasteiger charge is 2.60. The van der Waals surface area contributed by atoms with E-state index in [0.29, 0.717) is 22.9 Å². The summed E-state index contributed by atoms with van der Waals surface area (Å²) in [5.41, 5.74) is -1.46. The van der Waals surface area contributed by atoms with Crippen molar-refractivity contribution in [3.63, 3.8) is 0 Å². The topological polar surface area (TPSA) is 127 Å². The predicted molar refractivity (Wildman–Crippen MR) is 98.4 cm³/mol. The van der Waals surface area contributed by atoms with Crippen LogP contribution in [-0.2, 0) is 14.4 Å². The molecule has 148 valence electrons. The van der Waals surface area contributed by atoms with Crippen molar-refractivity contribution in [2.75, 3.05) is 12.0 Å². The van der Waals surface area contributed by atoms with Gasteiger partial charge < -0.3 is 9.47 Å². The Morgan fingerprint density at radius 1 is 1.00 bits per heavy atom. The molecule has 0 unspecified atom stereocenters. The van der Waals surface area contributed by atoms with E-state index in [1.54, 1.807) is 36.5 Å². The van der Waals surface area contributed by atoms with Crippen LogP contribution < -0.4 is 25.0 Å². The number of hydrogen-bond donors (Lipinski definition) is 2. The lowest BCUT2D eigenvalue weighted by Crippen LogP contribution is -2.72. The van der Waals surface area contributed by atoms with E-state index >= 15 is 0 Å². The molecule has 29 heavy (non-hydrogen) atoms. The Bertz CT molecular complexity index is 1000. The third-order valence-corrected chi connectivity index (χ3v) is 4.83. The summed E-state index contributed by atoms with van der Waals surface area (Å²) in [5, 5.41) is 4.14. The number of benzene rings is 1. The van der Waals surface area contributed by atoms with Crippen LogP contribution in [0.15, 0.2) is 42.7 Å². The SMILES string of the molecule is COc1ccncc1Oc1ccc(N2C(=O)CCC23C(=O)NC(=O)NC3=O)cc1. The van der Waals surface area contributed by atoms with Crippen molar-refractivity contribution in [2.24, 2.45) is 0 Å². The minimum absolute atomic E-state index is 0.000164. The quantitative estimate of drug-likeness (QED) is 0.741. The van der Waals surface area contributed by atoms with E-state index in [2.05, 4.69) is 15.6 Å². The number of anilines is 1. The summed E-state index contributed by atoms with van der Waals surface area (Å²) in [4.78, 5) is 54.1. The number of barbiturate groups is 1. The van der Waals surface area contributed by atoms with E-state index in [9.17, 15) is 19.2 Å². The van der Waals surface area contributed by atoms with Gasteiger partial charge in [-0.15, -0.1) is 0 Å². The number of ether oxygens (including phenoxy) is 2. The summed E-state index contributed by atoms with van der Waals surface area (Å²) in [5.74, 6) is -0.699. The number of methoxy groups -OCH3 is 1. The molecule has 10 heteroatoms. The number of nitrogens with zero attached hydrogens (tertiary/aromatic N) is 2. The van der Waals surface area contributed by atoms with Gasteiger partial charge in [-0.1, -0.05) is 0 Å². The van der Waals surface area contributed by atoms with Gasteiger partial charge in [-0.2, -0.15) is 0 Å². The van der Waals surface area contributed by atoms with Crippen molar-refractivity contribution < 1.29 is 28.7 Å². The molecule has 1 aromatic carbocycles. The number of nitrogens with one attached hydrogen (secondary N) is 2. The predicted octanol–water partition coefficient (Wildman–Crippen LogP) is 1.11. The van der Waals surface area contributed by atoms with Crippen LogP contribution >= 0.6 is 0 Å². The van der Waals surface area contributed by atoms with Gasteiger partial charge in [-0.25, -0.2) is 4.79 Å². The second-order valence-corrected chi connectivity index (χ2v) is 6.45. The zero-order valence-electron chi connectivity index (χ0n) is 15.3. The van der Waals surface area contributed by atoms with Crippen LogP contribution in [0.2, 0.25) is 0 Å². The molecule has 4 rings (SSSR count). The molecule has 5 amide bonds. The lowest BCUT2D eigenvalue weighted by Gasteiger charge is -2.37. The molecule has 2 aliphatic heterocycles. The molecule has 0 atom stereocenters. The molecule has 2 fully saturated rings. The average Bonchev–Trinajstić information content (AvgIpc) is 3.06. The van der Waals surface area contributed by atoms with E-state index in [4.69, 9.17) is 9.47 Å². The van der Waals surface area contributed by atoms with Crippen LogP contribution in [0.4, 0.5) is 10.5 Å². The van der Waals surface area contributed by atoms with Crippen LogP contribution in [0.1, 0.15) is 12.8 Å². The van der Waals surface area contributed by atoms with E-state index in [1.165, 1.54) is 13.3 Å². The number of urea groups is 1. The minimum Gasteiger partial charge on any atom is -0.493 e. The van der Waals surface area contributed by atoms with E-state index < -0.39 is 29.3 Å². The van der Waals surface area contributed by atoms with Crippen molar-refractivity contribution in [2.45, 2.75) is 18.4 Å². The molecule has 10 nitrogen and oxygen atoms in total. The fraction of sp³-hybridized carbons (Fsp3) is 0.211. The van der Waals surface area contributed by atoms with Gasteiger partial charge in [0.1, 0.15) is 5.75 Å². The summed E-state index contributed by atoms with van der Waals surface area (Å²) in [7, 11) is 1.51. The number of aromatic nitrogens is 1. The molecule has 1 aromatic heterocycles. The fourth-order valence-electron chi connectivity index (χ4n) is 3.47. The Morgan fingerprint density at radius 2 is 1.69 bits per heavy atom. The molecule has 1 spiro atoms. The zero-order valence-corrected chi connectivity index (χ0v) is 15.3. The van der Waals surface area contributed by atoms with Crippen molar-refractivity contribution in [1.82, 2.24) is 15.6 Å². The number of amides is 5. The maximum absolute atomic E-state index is 12.5. The van der Waals surface area contributed by atoms with Crippen molar-refractivity contribution in [3.8, 4) is 17.2 Å². The molecule has 0 aliphatic carbocycles. The smallest absolute Gasteiger partial charge is 0.328 e. The van der Waals surface area contributed by atoms with Crippen LogP contribution in [0.25, 0.3) is 0 Å². The lowest BCUT2D eigenvalue weighted by molar-refractivity contribution is -0.138. The number of imide groups is 2. The standard InChI is InChI=1S/C19H16N4O6/c1-28-13-7-9-20-10-14(13)29-12-4-2-11(3-5-12)23-15(24)6-8-19(23)16(25)21-18(27)22-17(19)26/h2-5,7,9-10H,6,8H2,1H3,(H2,21,22,25,26,27). The first-order valence-corrected chi connectivity index (χ1v) is 8.71. The van der Waals surface area contributed by atoms with E-state index in [-0.39, 0.29) is 12.8 Å². The average molecular weight is 396 g/mol. The number of pyridine rings is 1. The first kappa shape index (κ1) is 18.4. The summed E-state index contributed by atoms with van der Waals surface area (Å²) < 4.78 is 11.0. The van der Waals surface area contributed by atoms with Crippen LogP contribution in [-0.4, -0.2) is 41.4 Å². The Labute approximate surface area is 164 Å². The molecule has 2 aromatic rings. The molecule has 2 saturated heterocycles. The first-order valence-electron chi connectivity index (χ1n) is 8.71. The first-order chi connectivity index (χ1) is 14.0. The number of carbonyl (C=O) groups excluding carboxylic acids is 4. The highest BCUT2D eigenvalue weighted by Crippen LogP contribution is 2.38. The summed E-state index contributed by atoms with van der Waals surface area (Å²) in [6.45, 7) is 0. The monoisotopic (exact) mass is 396 g/mol. The Hall–Kier alpha value is -3.95. The molecule has 0 radical (unpaired) electrons. The Morgan fingerprint density at radius 3 is 2.34 bits per heavy atom. The van der Waals surface area contributed by atoms with Gasteiger partial charge in [0, 0.05) is 24.4 Å². The zero-order chi connectivity index (χ0) is 20.6. The summed E-state index contributed by atoms with van der Waals surface area (Å²) in [6.07, 6.45) is 3.04. The third kappa shape index (κ3) is 2.94. The van der Waals surface area contributed by atoms with Crippen molar-refractivity contribution >= 4 is 29.4 Å². The second-order valence-electron chi connectivity index (χ2n) is 6.45. The number of carbonyl (C=O) groups is 4. The molecule has 2 aliphatic rings. The van der Waals surface area contributed by atoms with Crippen LogP contribution in [0, 0.1) is 0 Å². The van der Waals surface area contributed by atoms with Gasteiger partial charge in [-0.05, 0) is 30.7 Å². The Kier molecular flexibility index (Phi) is 4.38. The highest BCUT2D eigenvalue weighted by molar-refractivity contribution is 6.28. The largest absolute Gasteiger partial charge is 0.493 e. The maximum Gasteiger partial charge on any atom is 0.328 e. The number of hydrogen-bond acceptors (Lipinski definition) is 7. The molecular formula is C19H16N4O6. The fourth-order valence-corrected chi connectivity index (χ4v) is 3.47. The van der Waals surface area contributed by atoms with Crippen molar-refractivity contribution in [1.29, 1.82) is 0 Å². The molecule has 0 saturated carbocycles. The van der Waals surface area contributed by atoms with E-state index in [1.807, 2.05) is 0 Å². The van der Waals surface area contributed by atoms with Crippen LogP contribution in [0.5, 0.6) is 17.2 Å². The molecule has 3 heterocycles. The lowest BCUT2D eigenvalue weighted by atomic mass is 9.91. The van der Waals surface area contributed by atoms with Gasteiger partial charge in [-0.3, -0.25) is 34.9 Å². The summed E-state index contributed by atoms with van der Waals surface area (Å²) in [6, 6.07) is 7.03. The molecular weight excluding hydrogens is 380 g/mol. The number of rotatable bonds is 4. The molecule has 0 bridgehead atoms. The molecule has 2 N–H and O–H groups in total. The Balaban J connectivity index is 1.64. The highest BCUT2D eigenvalue weighted by atomic mass is 16.5. The van der Waals surface area contributed by atoms with Gasteiger partial charge >= 0.3 is 6.03 Å². The van der Waals surface area contributed by atoms with E-state index in [0.717, 1.165) is 4.90 Å². The minimum atomic E-state index is -1.79. The van der Waals surface area contributed by atoms with Gasteiger partial charge in [0.25, 0.3) is 11.8 Å². The summed E-state index contributed by atoms with van der Waals surface area (Å²) >= 11 is 0. The van der Waals surface area contributed by atoms with Crippen molar-refractivity contribution in [3.05, 3.63) is 42.7 Å². The van der Waals surface area contributed by atoms with Gasteiger partial charge in [0.05, 0.1) is 13.3 Å². The van der Waals surface area contributed by atoms with Gasteiger partial charge in [0.2, 0.25) is 11.4 Å². The third-order valence-electron chi connectivity index (χ3n) is 4.83. The second kappa shape index (κ2) is 6.89. The van der Waals surface area contributed by atoms with Gasteiger partial charge in [0.15, 0.2) is 11.5 Å². The maximum atomic E-state index is 12.5. The van der Waals surface area contributed by atoms with Crippen LogP contribution in [0.3, 0.4) is 0 Å². The normalized spacial score (nSPS) is 17.9.